The highest BCUT2D eigenvalue weighted by molar-refractivity contribution is 4.76. The summed E-state index contributed by atoms with van der Waals surface area (Å²) >= 11 is 0. The van der Waals surface area contributed by atoms with Gasteiger partial charge in [0.25, 0.3) is 0 Å². The quantitative estimate of drug-likeness (QED) is 0.810. The van der Waals surface area contributed by atoms with E-state index >= 15 is 0 Å². The summed E-state index contributed by atoms with van der Waals surface area (Å²) in [7, 11) is 0. The number of rotatable bonds is 4. The Kier molecular flexibility index (Phi) is 3.75. The summed E-state index contributed by atoms with van der Waals surface area (Å²) in [6, 6.07) is 0.344. The molecule has 0 aliphatic heterocycles. The van der Waals surface area contributed by atoms with Gasteiger partial charge in [0, 0.05) is 25.0 Å². The standard InChI is InChI=1S/C11H19N3O/c12-10-2-1-3-11(8-10)15-7-6-14-5-4-13-9-14/h4-5,9-11H,1-3,6-8,12H2. The highest BCUT2D eigenvalue weighted by Gasteiger charge is 2.19. The number of imidazole rings is 1. The van der Waals surface area contributed by atoms with E-state index in [0.29, 0.717) is 12.1 Å². The molecule has 0 radical (unpaired) electrons. The first-order valence-corrected chi connectivity index (χ1v) is 5.67. The van der Waals surface area contributed by atoms with Crippen molar-refractivity contribution >= 4 is 0 Å². The zero-order valence-electron chi connectivity index (χ0n) is 9.01. The predicted octanol–water partition coefficient (Wildman–Crippen LogP) is 1.17. The molecule has 0 amide bonds. The lowest BCUT2D eigenvalue weighted by molar-refractivity contribution is 0.0194. The lowest BCUT2D eigenvalue weighted by atomic mass is 9.94. The number of nitrogens with two attached hydrogens (primary N) is 1. The van der Waals surface area contributed by atoms with Crippen molar-refractivity contribution in [3.63, 3.8) is 0 Å². The Morgan fingerprint density at radius 2 is 2.40 bits per heavy atom. The van der Waals surface area contributed by atoms with Crippen molar-refractivity contribution in [2.45, 2.75) is 44.4 Å². The molecule has 0 spiro atoms. The maximum Gasteiger partial charge on any atom is 0.0946 e. The van der Waals surface area contributed by atoms with E-state index in [1.54, 1.807) is 6.20 Å². The molecule has 0 aromatic carbocycles. The molecule has 4 nitrogen and oxygen atoms in total. The van der Waals surface area contributed by atoms with Crippen molar-refractivity contribution in [2.75, 3.05) is 6.61 Å². The Balaban J connectivity index is 1.65. The molecule has 0 bridgehead atoms. The summed E-state index contributed by atoms with van der Waals surface area (Å²) in [5.74, 6) is 0. The molecule has 1 aromatic rings. The second kappa shape index (κ2) is 5.28. The Hall–Kier alpha value is -0.870. The van der Waals surface area contributed by atoms with E-state index < -0.39 is 0 Å². The normalized spacial score (nSPS) is 26.7. The monoisotopic (exact) mass is 209 g/mol. The molecule has 1 aliphatic carbocycles. The van der Waals surface area contributed by atoms with Gasteiger partial charge < -0.3 is 15.0 Å². The first-order chi connectivity index (χ1) is 7.34. The van der Waals surface area contributed by atoms with Gasteiger partial charge in [-0.3, -0.25) is 0 Å². The molecule has 1 fully saturated rings. The first kappa shape index (κ1) is 10.6. The third-order valence-corrected chi connectivity index (χ3v) is 2.93. The molecule has 2 N–H and O–H groups in total. The van der Waals surface area contributed by atoms with Crippen LogP contribution in [0.25, 0.3) is 0 Å². The van der Waals surface area contributed by atoms with Crippen LogP contribution in [0.15, 0.2) is 18.7 Å². The Bertz CT molecular complexity index is 273. The predicted molar refractivity (Wildman–Crippen MR) is 58.4 cm³/mol. The van der Waals surface area contributed by atoms with Crippen LogP contribution in [-0.2, 0) is 11.3 Å². The second-order valence-electron chi connectivity index (χ2n) is 4.22. The molecule has 15 heavy (non-hydrogen) atoms. The Morgan fingerprint density at radius 1 is 1.47 bits per heavy atom. The summed E-state index contributed by atoms with van der Waals surface area (Å²) in [6.07, 6.45) is 10.5. The van der Waals surface area contributed by atoms with Crippen molar-refractivity contribution in [1.82, 2.24) is 9.55 Å². The van der Waals surface area contributed by atoms with Crippen molar-refractivity contribution in [2.24, 2.45) is 5.73 Å². The largest absolute Gasteiger partial charge is 0.376 e. The highest BCUT2D eigenvalue weighted by atomic mass is 16.5. The minimum Gasteiger partial charge on any atom is -0.376 e. The van der Waals surface area contributed by atoms with Crippen LogP contribution in [0.1, 0.15) is 25.7 Å². The summed E-state index contributed by atoms with van der Waals surface area (Å²) in [6.45, 7) is 1.64. The van der Waals surface area contributed by atoms with E-state index in [-0.39, 0.29) is 0 Å². The van der Waals surface area contributed by atoms with Gasteiger partial charge in [0.1, 0.15) is 0 Å². The highest BCUT2D eigenvalue weighted by Crippen LogP contribution is 2.19. The minimum absolute atomic E-state index is 0.344. The molecule has 1 aromatic heterocycles. The van der Waals surface area contributed by atoms with Crippen LogP contribution in [0, 0.1) is 0 Å². The molecule has 84 valence electrons. The Morgan fingerprint density at radius 3 is 3.13 bits per heavy atom. The second-order valence-corrected chi connectivity index (χ2v) is 4.22. The van der Waals surface area contributed by atoms with E-state index in [0.717, 1.165) is 32.4 Å². The fourth-order valence-electron chi connectivity index (χ4n) is 2.08. The van der Waals surface area contributed by atoms with Crippen LogP contribution in [-0.4, -0.2) is 28.3 Å². The molecule has 0 saturated heterocycles. The van der Waals surface area contributed by atoms with E-state index in [1.165, 1.54) is 6.42 Å². The SMILES string of the molecule is NC1CCCC(OCCn2ccnc2)C1. The van der Waals surface area contributed by atoms with E-state index in [1.807, 2.05) is 17.1 Å². The average Bonchev–Trinajstić information content (AvgIpc) is 2.71. The van der Waals surface area contributed by atoms with Crippen LogP contribution >= 0.6 is 0 Å². The number of nitrogens with zero attached hydrogens (tertiary/aromatic N) is 2. The molecular weight excluding hydrogens is 190 g/mol. The van der Waals surface area contributed by atoms with Gasteiger partial charge in [0.2, 0.25) is 0 Å². The third kappa shape index (κ3) is 3.32. The van der Waals surface area contributed by atoms with Gasteiger partial charge in [-0.05, 0) is 25.7 Å². The van der Waals surface area contributed by atoms with Crippen molar-refractivity contribution in [3.8, 4) is 0 Å². The molecule has 2 atom stereocenters. The van der Waals surface area contributed by atoms with Crippen LogP contribution in [0.5, 0.6) is 0 Å². The van der Waals surface area contributed by atoms with E-state index in [2.05, 4.69) is 4.98 Å². The maximum absolute atomic E-state index is 5.90. The lowest BCUT2D eigenvalue weighted by Gasteiger charge is -2.26. The van der Waals surface area contributed by atoms with Gasteiger partial charge in [-0.1, -0.05) is 0 Å². The van der Waals surface area contributed by atoms with Crippen LogP contribution < -0.4 is 5.73 Å². The van der Waals surface area contributed by atoms with Crippen molar-refractivity contribution < 1.29 is 4.74 Å². The molecule has 1 aliphatic rings. The summed E-state index contributed by atoms with van der Waals surface area (Å²) < 4.78 is 7.83. The van der Waals surface area contributed by atoms with Crippen molar-refractivity contribution in [1.29, 1.82) is 0 Å². The van der Waals surface area contributed by atoms with Gasteiger partial charge in [0.05, 0.1) is 19.0 Å². The van der Waals surface area contributed by atoms with Gasteiger partial charge in [-0.25, -0.2) is 4.98 Å². The zero-order valence-corrected chi connectivity index (χ0v) is 9.01. The zero-order chi connectivity index (χ0) is 10.5. The van der Waals surface area contributed by atoms with Crippen LogP contribution in [0.3, 0.4) is 0 Å². The molecule has 1 heterocycles. The summed E-state index contributed by atoms with van der Waals surface area (Å²) in [5.41, 5.74) is 5.90. The number of hydrogen-bond acceptors (Lipinski definition) is 3. The molecule has 1 saturated carbocycles. The van der Waals surface area contributed by atoms with Gasteiger partial charge in [-0.2, -0.15) is 0 Å². The van der Waals surface area contributed by atoms with Crippen LogP contribution in [0.2, 0.25) is 0 Å². The Labute approximate surface area is 90.4 Å². The lowest BCUT2D eigenvalue weighted by Crippen LogP contribution is -2.32. The first-order valence-electron chi connectivity index (χ1n) is 5.67. The smallest absolute Gasteiger partial charge is 0.0946 e. The van der Waals surface area contributed by atoms with Gasteiger partial charge in [-0.15, -0.1) is 0 Å². The molecule has 2 rings (SSSR count). The topological polar surface area (TPSA) is 53.1 Å². The van der Waals surface area contributed by atoms with Crippen molar-refractivity contribution in [3.05, 3.63) is 18.7 Å². The maximum atomic E-state index is 5.90. The molecule has 4 heteroatoms. The van der Waals surface area contributed by atoms with Gasteiger partial charge in [0.15, 0.2) is 0 Å². The minimum atomic E-state index is 0.344. The fraction of sp³-hybridized carbons (Fsp3) is 0.727. The number of aromatic nitrogens is 2. The van der Waals surface area contributed by atoms with Gasteiger partial charge >= 0.3 is 0 Å². The fourth-order valence-corrected chi connectivity index (χ4v) is 2.08. The van der Waals surface area contributed by atoms with Crippen LogP contribution in [0.4, 0.5) is 0 Å². The average molecular weight is 209 g/mol. The van der Waals surface area contributed by atoms with E-state index in [4.69, 9.17) is 10.5 Å². The van der Waals surface area contributed by atoms with E-state index in [9.17, 15) is 0 Å². The number of hydrogen-bond donors (Lipinski definition) is 1. The summed E-state index contributed by atoms with van der Waals surface area (Å²) in [5, 5.41) is 0. The third-order valence-electron chi connectivity index (χ3n) is 2.93. The summed E-state index contributed by atoms with van der Waals surface area (Å²) in [4.78, 5) is 3.99. The number of ether oxygens (including phenoxy) is 1. The molecule has 2 unspecified atom stereocenters. The molecular formula is C11H19N3O.